The first-order chi connectivity index (χ1) is 9.36. The van der Waals surface area contributed by atoms with Gasteiger partial charge in [-0.1, -0.05) is 32.0 Å². The second-order valence-corrected chi connectivity index (χ2v) is 6.07. The standard InChI is InChI=1S/C16H23NO3/c1-11(2)8-9-17-14-7-5-4-6-13(14)16(20,15(17)19)10-12(3)18/h4-7,11-12,18,20H,8-10H2,1-3H3/t12-,16-/m0/s1. The number of fused-ring (bicyclic) bond motifs is 1. The van der Waals surface area contributed by atoms with E-state index in [1.54, 1.807) is 17.9 Å². The first-order valence-electron chi connectivity index (χ1n) is 7.18. The van der Waals surface area contributed by atoms with Crippen molar-refractivity contribution in [3.8, 4) is 0 Å². The van der Waals surface area contributed by atoms with Gasteiger partial charge in [0.05, 0.1) is 11.8 Å². The van der Waals surface area contributed by atoms with Gasteiger partial charge < -0.3 is 15.1 Å². The summed E-state index contributed by atoms with van der Waals surface area (Å²) in [6.07, 6.45) is 0.174. The van der Waals surface area contributed by atoms with E-state index in [9.17, 15) is 15.0 Å². The molecule has 2 atom stereocenters. The molecule has 2 rings (SSSR count). The number of carbonyl (C=O) groups excluding carboxylic acids is 1. The van der Waals surface area contributed by atoms with Gasteiger partial charge in [-0.2, -0.15) is 0 Å². The molecule has 0 radical (unpaired) electrons. The Hall–Kier alpha value is -1.39. The maximum absolute atomic E-state index is 12.6. The van der Waals surface area contributed by atoms with Crippen LogP contribution in [-0.2, 0) is 10.4 Å². The van der Waals surface area contributed by atoms with Crippen molar-refractivity contribution in [1.82, 2.24) is 0 Å². The minimum atomic E-state index is -1.60. The van der Waals surface area contributed by atoms with E-state index in [0.717, 1.165) is 12.1 Å². The molecule has 110 valence electrons. The highest BCUT2D eigenvalue weighted by Crippen LogP contribution is 2.42. The second-order valence-electron chi connectivity index (χ2n) is 6.07. The van der Waals surface area contributed by atoms with Crippen molar-refractivity contribution in [3.05, 3.63) is 29.8 Å². The Morgan fingerprint density at radius 3 is 2.50 bits per heavy atom. The van der Waals surface area contributed by atoms with Gasteiger partial charge in [0.15, 0.2) is 5.60 Å². The summed E-state index contributed by atoms with van der Waals surface area (Å²) in [7, 11) is 0. The van der Waals surface area contributed by atoms with Gasteiger partial charge in [-0.15, -0.1) is 0 Å². The summed E-state index contributed by atoms with van der Waals surface area (Å²) in [5, 5.41) is 20.4. The molecule has 0 bridgehead atoms. The lowest BCUT2D eigenvalue weighted by molar-refractivity contribution is -0.139. The number of rotatable bonds is 5. The van der Waals surface area contributed by atoms with Crippen molar-refractivity contribution in [2.45, 2.75) is 45.3 Å². The van der Waals surface area contributed by atoms with Crippen molar-refractivity contribution < 1.29 is 15.0 Å². The molecule has 0 unspecified atom stereocenters. The van der Waals surface area contributed by atoms with Crippen LogP contribution in [-0.4, -0.2) is 28.8 Å². The average molecular weight is 277 g/mol. The monoisotopic (exact) mass is 277 g/mol. The lowest BCUT2D eigenvalue weighted by atomic mass is 9.90. The van der Waals surface area contributed by atoms with E-state index in [4.69, 9.17) is 0 Å². The Balaban J connectivity index is 2.36. The molecule has 4 nitrogen and oxygen atoms in total. The quantitative estimate of drug-likeness (QED) is 0.866. The highest BCUT2D eigenvalue weighted by Gasteiger charge is 2.49. The number of amides is 1. The zero-order chi connectivity index (χ0) is 14.9. The van der Waals surface area contributed by atoms with Gasteiger partial charge in [0, 0.05) is 18.5 Å². The molecule has 1 aliphatic heterocycles. The van der Waals surface area contributed by atoms with Crippen molar-refractivity contribution in [1.29, 1.82) is 0 Å². The zero-order valence-corrected chi connectivity index (χ0v) is 12.3. The normalized spacial score (nSPS) is 23.3. The highest BCUT2D eigenvalue weighted by molar-refractivity contribution is 6.06. The molecule has 0 aliphatic carbocycles. The van der Waals surface area contributed by atoms with Gasteiger partial charge in [-0.25, -0.2) is 0 Å². The van der Waals surface area contributed by atoms with Gasteiger partial charge >= 0.3 is 0 Å². The summed E-state index contributed by atoms with van der Waals surface area (Å²) in [4.78, 5) is 14.2. The van der Waals surface area contributed by atoms with Crippen LogP contribution in [0.4, 0.5) is 5.69 Å². The minimum absolute atomic E-state index is 0.0288. The molecule has 4 heteroatoms. The summed E-state index contributed by atoms with van der Waals surface area (Å²) >= 11 is 0. The lowest BCUT2D eigenvalue weighted by Gasteiger charge is -2.24. The van der Waals surface area contributed by atoms with Crippen LogP contribution in [0.3, 0.4) is 0 Å². The molecule has 0 aromatic heterocycles. The van der Waals surface area contributed by atoms with Crippen LogP contribution in [0.25, 0.3) is 0 Å². The molecule has 0 saturated heterocycles. The molecule has 0 saturated carbocycles. The van der Waals surface area contributed by atoms with Crippen LogP contribution >= 0.6 is 0 Å². The van der Waals surface area contributed by atoms with Crippen LogP contribution in [0, 0.1) is 5.92 Å². The molecule has 0 fully saturated rings. The fourth-order valence-corrected chi connectivity index (χ4v) is 2.74. The molecule has 20 heavy (non-hydrogen) atoms. The second kappa shape index (κ2) is 5.54. The molecule has 1 aromatic rings. The number of carbonyl (C=O) groups is 1. The topological polar surface area (TPSA) is 60.8 Å². The molecule has 1 amide bonds. The van der Waals surface area contributed by atoms with Crippen LogP contribution in [0.1, 0.15) is 39.2 Å². The van der Waals surface area contributed by atoms with E-state index in [2.05, 4.69) is 13.8 Å². The minimum Gasteiger partial charge on any atom is -0.393 e. The Labute approximate surface area is 120 Å². The number of hydrogen-bond acceptors (Lipinski definition) is 3. The Kier molecular flexibility index (Phi) is 4.16. The largest absolute Gasteiger partial charge is 0.393 e. The van der Waals surface area contributed by atoms with Crippen LogP contribution in [0.5, 0.6) is 0 Å². The first kappa shape index (κ1) is 15.0. The maximum atomic E-state index is 12.6. The zero-order valence-electron chi connectivity index (χ0n) is 12.3. The third kappa shape index (κ3) is 2.58. The summed E-state index contributed by atoms with van der Waals surface area (Å²) in [6, 6.07) is 7.30. The van der Waals surface area contributed by atoms with Crippen LogP contribution < -0.4 is 4.90 Å². The van der Waals surface area contributed by atoms with Crippen molar-refractivity contribution in [2.75, 3.05) is 11.4 Å². The van der Waals surface area contributed by atoms with Crippen molar-refractivity contribution >= 4 is 11.6 Å². The molecule has 0 spiro atoms. The van der Waals surface area contributed by atoms with Gasteiger partial charge in [0.1, 0.15) is 0 Å². The molecular formula is C16H23NO3. The van der Waals surface area contributed by atoms with E-state index in [0.29, 0.717) is 18.0 Å². The predicted octanol–water partition coefficient (Wildman–Crippen LogP) is 2.04. The smallest absolute Gasteiger partial charge is 0.263 e. The maximum Gasteiger partial charge on any atom is 0.263 e. The summed E-state index contributed by atoms with van der Waals surface area (Å²) in [6.45, 7) is 6.39. The Bertz CT molecular complexity index is 498. The number of benzene rings is 1. The van der Waals surface area contributed by atoms with Crippen LogP contribution in [0.2, 0.25) is 0 Å². The lowest BCUT2D eigenvalue weighted by Crippen LogP contribution is -2.42. The van der Waals surface area contributed by atoms with E-state index in [-0.39, 0.29) is 12.3 Å². The van der Waals surface area contributed by atoms with E-state index < -0.39 is 11.7 Å². The Morgan fingerprint density at radius 1 is 1.25 bits per heavy atom. The SMILES string of the molecule is CC(C)CCN1C(=O)[C@](O)(C[C@H](C)O)c2ccccc21. The fourth-order valence-electron chi connectivity index (χ4n) is 2.74. The predicted molar refractivity (Wildman–Crippen MR) is 78.4 cm³/mol. The average Bonchev–Trinajstić information content (AvgIpc) is 2.57. The Morgan fingerprint density at radius 2 is 1.90 bits per heavy atom. The third-order valence-corrected chi connectivity index (χ3v) is 3.76. The van der Waals surface area contributed by atoms with Crippen molar-refractivity contribution in [3.63, 3.8) is 0 Å². The van der Waals surface area contributed by atoms with Gasteiger partial charge in [-0.3, -0.25) is 4.79 Å². The number of anilines is 1. The first-order valence-corrected chi connectivity index (χ1v) is 7.18. The van der Waals surface area contributed by atoms with Gasteiger partial charge in [-0.05, 0) is 25.3 Å². The van der Waals surface area contributed by atoms with E-state index in [1.165, 1.54) is 0 Å². The number of para-hydroxylation sites is 1. The number of hydrogen-bond donors (Lipinski definition) is 2. The van der Waals surface area contributed by atoms with Crippen LogP contribution in [0.15, 0.2) is 24.3 Å². The summed E-state index contributed by atoms with van der Waals surface area (Å²) < 4.78 is 0. The highest BCUT2D eigenvalue weighted by atomic mass is 16.3. The summed E-state index contributed by atoms with van der Waals surface area (Å²) in [5.41, 5.74) is -0.224. The molecule has 1 aromatic carbocycles. The molecule has 2 N–H and O–H groups in total. The number of nitrogens with zero attached hydrogens (tertiary/aromatic N) is 1. The van der Waals surface area contributed by atoms with E-state index >= 15 is 0 Å². The van der Waals surface area contributed by atoms with Crippen molar-refractivity contribution in [2.24, 2.45) is 5.92 Å². The summed E-state index contributed by atoms with van der Waals surface area (Å²) in [5.74, 6) is 0.167. The molecular weight excluding hydrogens is 254 g/mol. The van der Waals surface area contributed by atoms with Gasteiger partial charge in [0.2, 0.25) is 0 Å². The fraction of sp³-hybridized carbons (Fsp3) is 0.562. The van der Waals surface area contributed by atoms with E-state index in [1.807, 2.05) is 18.2 Å². The molecule has 1 heterocycles. The molecule has 1 aliphatic rings. The van der Waals surface area contributed by atoms with Gasteiger partial charge in [0.25, 0.3) is 5.91 Å². The number of aliphatic hydroxyl groups is 2. The third-order valence-electron chi connectivity index (χ3n) is 3.76. The number of aliphatic hydroxyl groups excluding tert-OH is 1.